The summed E-state index contributed by atoms with van der Waals surface area (Å²) < 4.78 is 24.4. The third-order valence-corrected chi connectivity index (χ3v) is 4.56. The molecule has 0 unspecified atom stereocenters. The molecule has 126 valence electrons. The topological polar surface area (TPSA) is 75.3 Å². The van der Waals surface area contributed by atoms with Crippen LogP contribution in [0.3, 0.4) is 0 Å². The average Bonchev–Trinajstić information content (AvgIpc) is 2.52. The van der Waals surface area contributed by atoms with Gasteiger partial charge in [-0.3, -0.25) is 4.79 Å². The summed E-state index contributed by atoms with van der Waals surface area (Å²) in [6.07, 6.45) is 8.57. The first-order valence-corrected chi connectivity index (χ1v) is 9.48. The van der Waals surface area contributed by atoms with Crippen molar-refractivity contribution in [3.63, 3.8) is 0 Å². The van der Waals surface area contributed by atoms with E-state index in [9.17, 15) is 13.2 Å². The molecular weight excluding hydrogens is 312 g/mol. The molecule has 6 heteroatoms. The van der Waals surface area contributed by atoms with E-state index in [4.69, 9.17) is 6.42 Å². The monoisotopic (exact) mass is 336 g/mol. The summed E-state index contributed by atoms with van der Waals surface area (Å²) in [5.41, 5.74) is 0.869. The van der Waals surface area contributed by atoms with Gasteiger partial charge in [0.15, 0.2) is 0 Å². The van der Waals surface area contributed by atoms with Crippen molar-refractivity contribution in [3.8, 4) is 12.3 Å². The van der Waals surface area contributed by atoms with Gasteiger partial charge < -0.3 is 5.32 Å². The summed E-state index contributed by atoms with van der Waals surface area (Å²) in [6, 6.07) is 7.07. The Bertz CT molecular complexity index is 669. The predicted octanol–water partition coefficient (Wildman–Crippen LogP) is 1.70. The number of amides is 1. The molecule has 0 aliphatic heterocycles. The fourth-order valence-electron chi connectivity index (χ4n) is 2.16. The van der Waals surface area contributed by atoms with Crippen LogP contribution in [-0.2, 0) is 16.4 Å². The van der Waals surface area contributed by atoms with E-state index in [1.54, 1.807) is 12.1 Å². The first kappa shape index (κ1) is 19.2. The summed E-state index contributed by atoms with van der Waals surface area (Å²) in [4.78, 5) is 12.3. The highest BCUT2D eigenvalue weighted by Crippen LogP contribution is 2.15. The van der Waals surface area contributed by atoms with Crippen LogP contribution in [0.25, 0.3) is 0 Å². The average molecular weight is 336 g/mol. The minimum atomic E-state index is -3.18. The second-order valence-corrected chi connectivity index (χ2v) is 7.33. The van der Waals surface area contributed by atoms with Crippen molar-refractivity contribution >= 4 is 15.9 Å². The SMILES string of the molecule is C#CC(CC)(CC)NC(=O)c1ccc(CCNS(C)(=O)=O)cc1. The molecule has 1 amide bonds. The van der Waals surface area contributed by atoms with Gasteiger partial charge in [0, 0.05) is 12.1 Å². The van der Waals surface area contributed by atoms with E-state index in [1.165, 1.54) is 0 Å². The van der Waals surface area contributed by atoms with Gasteiger partial charge in [0.25, 0.3) is 5.91 Å². The molecule has 23 heavy (non-hydrogen) atoms. The van der Waals surface area contributed by atoms with Crippen LogP contribution in [0.2, 0.25) is 0 Å². The second-order valence-electron chi connectivity index (χ2n) is 5.50. The normalized spacial score (nSPS) is 11.7. The highest BCUT2D eigenvalue weighted by atomic mass is 32.2. The fraction of sp³-hybridized carbons (Fsp3) is 0.471. The third-order valence-electron chi connectivity index (χ3n) is 3.83. The number of hydrogen-bond acceptors (Lipinski definition) is 3. The Labute approximate surface area is 138 Å². The quantitative estimate of drug-likeness (QED) is 0.710. The standard InChI is InChI=1S/C17H24N2O3S/c1-5-17(6-2,7-3)19-16(20)15-10-8-14(9-11-15)12-13-18-23(4,21)22/h1,8-11,18H,6-7,12-13H2,2-4H3,(H,19,20). The Morgan fingerprint density at radius 1 is 1.22 bits per heavy atom. The maximum atomic E-state index is 12.3. The highest BCUT2D eigenvalue weighted by molar-refractivity contribution is 7.88. The van der Waals surface area contributed by atoms with E-state index in [0.29, 0.717) is 31.4 Å². The van der Waals surface area contributed by atoms with Crippen molar-refractivity contribution in [2.24, 2.45) is 0 Å². The van der Waals surface area contributed by atoms with Crippen molar-refractivity contribution in [1.82, 2.24) is 10.0 Å². The van der Waals surface area contributed by atoms with Crippen LogP contribution in [0.5, 0.6) is 0 Å². The molecule has 0 spiro atoms. The number of hydrogen-bond donors (Lipinski definition) is 2. The molecule has 1 aromatic rings. The Morgan fingerprint density at radius 2 is 1.78 bits per heavy atom. The molecule has 0 saturated carbocycles. The Balaban J connectivity index is 2.69. The zero-order chi connectivity index (χ0) is 17.5. The predicted molar refractivity (Wildman–Crippen MR) is 92.6 cm³/mol. The van der Waals surface area contributed by atoms with Crippen LogP contribution in [0.15, 0.2) is 24.3 Å². The maximum absolute atomic E-state index is 12.3. The number of terminal acetylenes is 1. The molecule has 1 rings (SSSR count). The smallest absolute Gasteiger partial charge is 0.252 e. The molecule has 0 aliphatic rings. The number of carbonyl (C=O) groups is 1. The van der Waals surface area contributed by atoms with Crippen LogP contribution in [-0.4, -0.2) is 32.7 Å². The molecular formula is C17H24N2O3S. The number of carbonyl (C=O) groups excluding carboxylic acids is 1. The third kappa shape index (κ3) is 6.05. The number of sulfonamides is 1. The van der Waals surface area contributed by atoms with Gasteiger partial charge in [-0.1, -0.05) is 31.9 Å². The lowest BCUT2D eigenvalue weighted by molar-refractivity contribution is 0.0916. The van der Waals surface area contributed by atoms with Gasteiger partial charge in [0.1, 0.15) is 5.54 Å². The van der Waals surface area contributed by atoms with Gasteiger partial charge in [0.2, 0.25) is 10.0 Å². The summed E-state index contributed by atoms with van der Waals surface area (Å²) >= 11 is 0. The van der Waals surface area contributed by atoms with Crippen molar-refractivity contribution in [3.05, 3.63) is 35.4 Å². The summed E-state index contributed by atoms with van der Waals surface area (Å²) in [5.74, 6) is 2.47. The van der Waals surface area contributed by atoms with E-state index in [0.717, 1.165) is 11.8 Å². The van der Waals surface area contributed by atoms with E-state index in [-0.39, 0.29) is 5.91 Å². The zero-order valence-electron chi connectivity index (χ0n) is 13.8. The molecule has 0 atom stereocenters. The van der Waals surface area contributed by atoms with E-state index in [1.807, 2.05) is 26.0 Å². The number of benzene rings is 1. The second kappa shape index (κ2) is 8.14. The van der Waals surface area contributed by atoms with Crippen LogP contribution in [0, 0.1) is 12.3 Å². The zero-order valence-corrected chi connectivity index (χ0v) is 14.7. The van der Waals surface area contributed by atoms with Crippen molar-refractivity contribution in [2.75, 3.05) is 12.8 Å². The van der Waals surface area contributed by atoms with Crippen molar-refractivity contribution in [2.45, 2.75) is 38.6 Å². The molecule has 0 heterocycles. The van der Waals surface area contributed by atoms with Crippen LogP contribution in [0.4, 0.5) is 0 Å². The molecule has 0 bridgehead atoms. The Morgan fingerprint density at radius 3 is 2.22 bits per heavy atom. The van der Waals surface area contributed by atoms with E-state index < -0.39 is 15.6 Å². The minimum Gasteiger partial charge on any atom is -0.336 e. The Hall–Kier alpha value is -1.84. The Kier molecular flexibility index (Phi) is 6.79. The van der Waals surface area contributed by atoms with E-state index in [2.05, 4.69) is 16.0 Å². The summed E-state index contributed by atoms with van der Waals surface area (Å²) in [7, 11) is -3.18. The lowest BCUT2D eigenvalue weighted by atomic mass is 9.93. The molecule has 0 aliphatic carbocycles. The van der Waals surface area contributed by atoms with Gasteiger partial charge >= 0.3 is 0 Å². The van der Waals surface area contributed by atoms with Gasteiger partial charge in [-0.2, -0.15) is 0 Å². The van der Waals surface area contributed by atoms with E-state index >= 15 is 0 Å². The van der Waals surface area contributed by atoms with Crippen molar-refractivity contribution in [1.29, 1.82) is 0 Å². The van der Waals surface area contributed by atoms with Crippen LogP contribution < -0.4 is 10.0 Å². The number of rotatable bonds is 8. The van der Waals surface area contributed by atoms with Gasteiger partial charge in [-0.15, -0.1) is 6.42 Å². The fourth-order valence-corrected chi connectivity index (χ4v) is 2.63. The molecule has 2 N–H and O–H groups in total. The summed E-state index contributed by atoms with van der Waals surface area (Å²) in [6.45, 7) is 4.22. The van der Waals surface area contributed by atoms with Gasteiger partial charge in [-0.25, -0.2) is 13.1 Å². The van der Waals surface area contributed by atoms with Gasteiger partial charge in [-0.05, 0) is 37.0 Å². The highest BCUT2D eigenvalue weighted by Gasteiger charge is 2.25. The first-order chi connectivity index (χ1) is 10.7. The molecule has 1 aromatic carbocycles. The summed E-state index contributed by atoms with van der Waals surface area (Å²) in [5, 5.41) is 2.91. The minimum absolute atomic E-state index is 0.201. The van der Waals surface area contributed by atoms with Crippen molar-refractivity contribution < 1.29 is 13.2 Å². The lowest BCUT2D eigenvalue weighted by Gasteiger charge is -2.27. The largest absolute Gasteiger partial charge is 0.336 e. The first-order valence-electron chi connectivity index (χ1n) is 7.59. The maximum Gasteiger partial charge on any atom is 0.252 e. The molecule has 0 fully saturated rings. The van der Waals surface area contributed by atoms with Crippen LogP contribution in [0.1, 0.15) is 42.6 Å². The van der Waals surface area contributed by atoms with Crippen LogP contribution >= 0.6 is 0 Å². The molecule has 0 saturated heterocycles. The number of nitrogens with one attached hydrogen (secondary N) is 2. The van der Waals surface area contributed by atoms with Gasteiger partial charge in [0.05, 0.1) is 6.26 Å². The lowest BCUT2D eigenvalue weighted by Crippen LogP contribution is -2.46. The molecule has 0 radical (unpaired) electrons. The molecule has 5 nitrogen and oxygen atoms in total. The molecule has 0 aromatic heterocycles.